The van der Waals surface area contributed by atoms with Crippen molar-refractivity contribution in [3.05, 3.63) is 28.8 Å². The number of fused-ring (bicyclic) bond motifs is 1. The largest absolute Gasteiger partial charge is 0.371 e. The van der Waals surface area contributed by atoms with E-state index >= 15 is 0 Å². The summed E-state index contributed by atoms with van der Waals surface area (Å²) in [5, 5.41) is 0.806. The Morgan fingerprint density at radius 2 is 2.15 bits per heavy atom. The summed E-state index contributed by atoms with van der Waals surface area (Å²) >= 11 is 6.18. The molecule has 20 heavy (non-hydrogen) atoms. The second-order valence-electron chi connectivity index (χ2n) is 6.16. The highest BCUT2D eigenvalue weighted by Gasteiger charge is 2.34. The second-order valence-corrected chi connectivity index (χ2v) is 6.60. The Labute approximate surface area is 126 Å². The summed E-state index contributed by atoms with van der Waals surface area (Å²) in [6.45, 7) is 4.09. The van der Waals surface area contributed by atoms with Crippen molar-refractivity contribution in [2.75, 3.05) is 31.6 Å². The van der Waals surface area contributed by atoms with Crippen LogP contribution in [0.15, 0.2) is 18.2 Å². The van der Waals surface area contributed by atoms with Crippen LogP contribution in [-0.4, -0.2) is 37.6 Å². The summed E-state index contributed by atoms with van der Waals surface area (Å²) in [5.74, 6) is 0.784. The van der Waals surface area contributed by atoms with Gasteiger partial charge in [0.25, 0.3) is 0 Å². The van der Waals surface area contributed by atoms with E-state index in [0.29, 0.717) is 6.54 Å². The first kappa shape index (κ1) is 14.2. The third kappa shape index (κ3) is 2.67. The first-order valence-electron chi connectivity index (χ1n) is 7.62. The molecule has 1 aromatic carbocycles. The minimum atomic E-state index is 0.580. The number of nitrogens with zero attached hydrogens (tertiary/aromatic N) is 2. The fourth-order valence-electron chi connectivity index (χ4n) is 3.88. The molecule has 2 heterocycles. The van der Waals surface area contributed by atoms with Crippen LogP contribution in [0.1, 0.15) is 24.8 Å². The van der Waals surface area contributed by atoms with Gasteiger partial charge in [0.15, 0.2) is 0 Å². The molecule has 1 aromatic rings. The minimum absolute atomic E-state index is 0.580. The van der Waals surface area contributed by atoms with Gasteiger partial charge in [0.05, 0.1) is 0 Å². The van der Waals surface area contributed by atoms with Crippen LogP contribution in [0.25, 0.3) is 0 Å². The number of benzene rings is 1. The molecule has 2 aliphatic rings. The number of hydrogen-bond acceptors (Lipinski definition) is 3. The van der Waals surface area contributed by atoms with Crippen LogP contribution < -0.4 is 10.6 Å². The molecular formula is C16H24ClN3. The number of nitrogens with two attached hydrogens (primary N) is 1. The fourth-order valence-corrected chi connectivity index (χ4v) is 4.04. The van der Waals surface area contributed by atoms with Gasteiger partial charge < -0.3 is 15.5 Å². The summed E-state index contributed by atoms with van der Waals surface area (Å²) in [5.41, 5.74) is 8.33. The normalized spacial score (nSPS) is 27.4. The Morgan fingerprint density at radius 1 is 1.30 bits per heavy atom. The van der Waals surface area contributed by atoms with Crippen LogP contribution in [0.4, 0.5) is 5.69 Å². The monoisotopic (exact) mass is 293 g/mol. The van der Waals surface area contributed by atoms with E-state index in [-0.39, 0.29) is 0 Å². The molecule has 2 fully saturated rings. The maximum absolute atomic E-state index is 6.18. The molecule has 0 aromatic heterocycles. The third-order valence-corrected chi connectivity index (χ3v) is 5.19. The molecule has 4 heteroatoms. The molecule has 2 aliphatic heterocycles. The van der Waals surface area contributed by atoms with Crippen molar-refractivity contribution in [2.45, 2.75) is 31.8 Å². The zero-order chi connectivity index (χ0) is 14.1. The van der Waals surface area contributed by atoms with Crippen molar-refractivity contribution in [3.8, 4) is 0 Å². The molecular weight excluding hydrogens is 270 g/mol. The molecule has 0 bridgehead atoms. The smallest absolute Gasteiger partial charge is 0.0426 e. The molecule has 2 atom stereocenters. The number of rotatable bonds is 2. The van der Waals surface area contributed by atoms with E-state index in [1.54, 1.807) is 0 Å². The van der Waals surface area contributed by atoms with Gasteiger partial charge in [0.1, 0.15) is 0 Å². The number of likely N-dealkylation sites (tertiary alicyclic amines) is 1. The maximum atomic E-state index is 6.18. The predicted octanol–water partition coefficient (Wildman–Crippen LogP) is 2.72. The lowest BCUT2D eigenvalue weighted by Crippen LogP contribution is -2.52. The van der Waals surface area contributed by atoms with Crippen LogP contribution >= 0.6 is 11.6 Å². The van der Waals surface area contributed by atoms with Crippen molar-refractivity contribution in [3.63, 3.8) is 0 Å². The highest BCUT2D eigenvalue weighted by Crippen LogP contribution is 2.34. The topological polar surface area (TPSA) is 32.5 Å². The molecule has 0 radical (unpaired) electrons. The van der Waals surface area contributed by atoms with E-state index in [1.165, 1.54) is 37.1 Å². The van der Waals surface area contributed by atoms with E-state index in [2.05, 4.69) is 29.0 Å². The zero-order valence-electron chi connectivity index (χ0n) is 12.2. The van der Waals surface area contributed by atoms with Gasteiger partial charge in [-0.05, 0) is 56.5 Å². The van der Waals surface area contributed by atoms with Gasteiger partial charge in [0.2, 0.25) is 0 Å². The van der Waals surface area contributed by atoms with E-state index in [0.717, 1.165) is 30.1 Å². The van der Waals surface area contributed by atoms with E-state index in [9.17, 15) is 0 Å². The van der Waals surface area contributed by atoms with Crippen molar-refractivity contribution in [1.29, 1.82) is 0 Å². The minimum Gasteiger partial charge on any atom is -0.371 e. The first-order valence-corrected chi connectivity index (χ1v) is 8.00. The van der Waals surface area contributed by atoms with Crippen LogP contribution in [0, 0.1) is 5.92 Å². The average molecular weight is 294 g/mol. The highest BCUT2D eigenvalue weighted by molar-refractivity contribution is 6.30. The maximum Gasteiger partial charge on any atom is 0.0426 e. The SMILES string of the molecule is CN1CCCC2CN(c3cc(Cl)ccc3CN)CCC21. The van der Waals surface area contributed by atoms with Gasteiger partial charge in [-0.2, -0.15) is 0 Å². The summed E-state index contributed by atoms with van der Waals surface area (Å²) in [6, 6.07) is 6.85. The van der Waals surface area contributed by atoms with Gasteiger partial charge >= 0.3 is 0 Å². The lowest BCUT2D eigenvalue weighted by Gasteiger charge is -2.47. The summed E-state index contributed by atoms with van der Waals surface area (Å²) in [4.78, 5) is 5.04. The highest BCUT2D eigenvalue weighted by atomic mass is 35.5. The molecule has 2 unspecified atom stereocenters. The van der Waals surface area contributed by atoms with Gasteiger partial charge in [0, 0.05) is 36.4 Å². The lowest BCUT2D eigenvalue weighted by molar-refractivity contribution is 0.102. The summed E-state index contributed by atoms with van der Waals surface area (Å²) in [6.07, 6.45) is 3.92. The Hall–Kier alpha value is -0.770. The van der Waals surface area contributed by atoms with Crippen molar-refractivity contribution < 1.29 is 0 Å². The molecule has 3 nitrogen and oxygen atoms in total. The molecule has 0 amide bonds. The standard InChI is InChI=1S/C16H24ClN3/c1-19-7-2-3-13-11-20(8-6-15(13)19)16-9-14(17)5-4-12(16)10-18/h4-5,9,13,15H,2-3,6-8,10-11,18H2,1H3. The number of hydrogen-bond donors (Lipinski definition) is 1. The molecule has 0 spiro atoms. The molecule has 0 saturated carbocycles. The molecule has 0 aliphatic carbocycles. The first-order chi connectivity index (χ1) is 9.69. The molecule has 110 valence electrons. The van der Waals surface area contributed by atoms with Gasteiger partial charge in [-0.1, -0.05) is 17.7 Å². The van der Waals surface area contributed by atoms with E-state index < -0.39 is 0 Å². The Balaban J connectivity index is 1.81. The molecule has 3 rings (SSSR count). The summed E-state index contributed by atoms with van der Waals surface area (Å²) < 4.78 is 0. The second kappa shape index (κ2) is 5.92. The van der Waals surface area contributed by atoms with Gasteiger partial charge in [-0.3, -0.25) is 0 Å². The molecule has 2 saturated heterocycles. The van der Waals surface area contributed by atoms with E-state index in [4.69, 9.17) is 17.3 Å². The average Bonchev–Trinajstić information content (AvgIpc) is 2.47. The Kier molecular flexibility index (Phi) is 4.20. The summed E-state index contributed by atoms with van der Waals surface area (Å²) in [7, 11) is 2.27. The third-order valence-electron chi connectivity index (χ3n) is 4.95. The van der Waals surface area contributed by atoms with E-state index in [1.807, 2.05) is 6.07 Å². The number of piperidine rings is 2. The Morgan fingerprint density at radius 3 is 2.95 bits per heavy atom. The van der Waals surface area contributed by atoms with Crippen LogP contribution in [0.5, 0.6) is 0 Å². The quantitative estimate of drug-likeness (QED) is 0.910. The lowest BCUT2D eigenvalue weighted by atomic mass is 9.84. The van der Waals surface area contributed by atoms with Crippen LogP contribution in [0.3, 0.4) is 0 Å². The van der Waals surface area contributed by atoms with Gasteiger partial charge in [-0.25, -0.2) is 0 Å². The zero-order valence-corrected chi connectivity index (χ0v) is 12.9. The van der Waals surface area contributed by atoms with Crippen molar-refractivity contribution >= 4 is 17.3 Å². The van der Waals surface area contributed by atoms with Gasteiger partial charge in [-0.15, -0.1) is 0 Å². The Bertz CT molecular complexity index is 477. The van der Waals surface area contributed by atoms with Crippen LogP contribution in [-0.2, 0) is 6.54 Å². The molecule has 2 N–H and O–H groups in total. The predicted molar refractivity (Wildman–Crippen MR) is 85.3 cm³/mol. The fraction of sp³-hybridized carbons (Fsp3) is 0.625. The van der Waals surface area contributed by atoms with Crippen molar-refractivity contribution in [1.82, 2.24) is 4.90 Å². The number of halogens is 1. The van der Waals surface area contributed by atoms with Crippen LogP contribution in [0.2, 0.25) is 5.02 Å². The number of anilines is 1. The van der Waals surface area contributed by atoms with Crippen molar-refractivity contribution in [2.24, 2.45) is 11.7 Å².